The average Bonchev–Trinajstić information content (AvgIpc) is 2.68. The van der Waals surface area contributed by atoms with Gasteiger partial charge < -0.3 is 15.3 Å². The Kier molecular flexibility index (Phi) is 7.80. The first-order valence-electron chi connectivity index (χ1n) is 7.28. The highest BCUT2D eigenvalue weighted by Crippen LogP contribution is 2.13. The van der Waals surface area contributed by atoms with Gasteiger partial charge in [-0.3, -0.25) is 4.79 Å². The summed E-state index contributed by atoms with van der Waals surface area (Å²) in [5, 5.41) is 12.7. The van der Waals surface area contributed by atoms with Crippen molar-refractivity contribution in [3.8, 4) is 0 Å². The fourth-order valence-corrected chi connectivity index (χ4v) is 3.21. The van der Waals surface area contributed by atoms with Crippen LogP contribution in [0.3, 0.4) is 0 Å². The molecule has 0 aliphatic carbocycles. The van der Waals surface area contributed by atoms with Gasteiger partial charge in [-0.05, 0) is 32.9 Å². The molecule has 0 saturated carbocycles. The highest BCUT2D eigenvalue weighted by Gasteiger charge is 2.24. The van der Waals surface area contributed by atoms with Crippen LogP contribution in [0.5, 0.6) is 0 Å². The standard InChI is InChI=1S/C14H28N2O2S/c1-11(13(10-17)19-3)15-12(2)14(18)16-8-6-4-5-7-9-16/h11-13,15,17H,4-10H2,1-3H3. The van der Waals surface area contributed by atoms with Crippen molar-refractivity contribution < 1.29 is 9.90 Å². The molecule has 5 heteroatoms. The summed E-state index contributed by atoms with van der Waals surface area (Å²) in [7, 11) is 0. The molecule has 1 aliphatic rings. The van der Waals surface area contributed by atoms with Crippen LogP contribution >= 0.6 is 11.8 Å². The van der Waals surface area contributed by atoms with Crippen molar-refractivity contribution in [1.82, 2.24) is 10.2 Å². The third kappa shape index (κ3) is 5.32. The summed E-state index contributed by atoms with van der Waals surface area (Å²) in [5.41, 5.74) is 0. The number of aliphatic hydroxyl groups is 1. The fourth-order valence-electron chi connectivity index (χ4n) is 2.57. The van der Waals surface area contributed by atoms with E-state index in [2.05, 4.69) is 5.32 Å². The van der Waals surface area contributed by atoms with Gasteiger partial charge in [0.25, 0.3) is 0 Å². The van der Waals surface area contributed by atoms with Crippen molar-refractivity contribution >= 4 is 17.7 Å². The third-order valence-corrected chi connectivity index (χ3v) is 5.00. The van der Waals surface area contributed by atoms with E-state index in [1.165, 1.54) is 12.8 Å². The van der Waals surface area contributed by atoms with Gasteiger partial charge in [0.1, 0.15) is 0 Å². The lowest BCUT2D eigenvalue weighted by molar-refractivity contribution is -0.133. The number of nitrogens with one attached hydrogen (secondary N) is 1. The lowest BCUT2D eigenvalue weighted by Crippen LogP contribution is -2.50. The van der Waals surface area contributed by atoms with Crippen LogP contribution in [0.25, 0.3) is 0 Å². The summed E-state index contributed by atoms with van der Waals surface area (Å²) in [6.07, 6.45) is 6.71. The number of carbonyl (C=O) groups is 1. The van der Waals surface area contributed by atoms with Gasteiger partial charge in [0.05, 0.1) is 12.6 Å². The number of amides is 1. The number of nitrogens with zero attached hydrogens (tertiary/aromatic N) is 1. The molecule has 112 valence electrons. The second kappa shape index (κ2) is 8.82. The normalized spacial score (nSPS) is 21.6. The molecule has 0 spiro atoms. The second-order valence-electron chi connectivity index (χ2n) is 5.37. The molecule has 1 amide bonds. The maximum Gasteiger partial charge on any atom is 0.239 e. The number of hydrogen-bond acceptors (Lipinski definition) is 4. The van der Waals surface area contributed by atoms with Gasteiger partial charge in [0.2, 0.25) is 5.91 Å². The zero-order valence-corrected chi connectivity index (χ0v) is 13.2. The maximum absolute atomic E-state index is 12.4. The minimum Gasteiger partial charge on any atom is -0.395 e. The minimum absolute atomic E-state index is 0.130. The van der Waals surface area contributed by atoms with Gasteiger partial charge in [-0.1, -0.05) is 12.8 Å². The van der Waals surface area contributed by atoms with E-state index in [1.807, 2.05) is 25.0 Å². The van der Waals surface area contributed by atoms with E-state index >= 15 is 0 Å². The summed E-state index contributed by atoms with van der Waals surface area (Å²) in [4.78, 5) is 14.4. The molecular weight excluding hydrogens is 260 g/mol. The smallest absolute Gasteiger partial charge is 0.239 e. The Balaban J connectivity index is 2.46. The first-order valence-corrected chi connectivity index (χ1v) is 8.57. The van der Waals surface area contributed by atoms with Gasteiger partial charge >= 0.3 is 0 Å². The van der Waals surface area contributed by atoms with E-state index in [0.717, 1.165) is 25.9 Å². The first-order chi connectivity index (χ1) is 9.10. The molecule has 3 atom stereocenters. The Hall–Kier alpha value is -0.260. The van der Waals surface area contributed by atoms with Crippen molar-refractivity contribution in [3.05, 3.63) is 0 Å². The summed E-state index contributed by atoms with van der Waals surface area (Å²) in [6, 6.07) is -0.0415. The van der Waals surface area contributed by atoms with Crippen molar-refractivity contribution in [2.75, 3.05) is 26.0 Å². The van der Waals surface area contributed by atoms with Crippen LogP contribution in [-0.4, -0.2) is 59.2 Å². The fraction of sp³-hybridized carbons (Fsp3) is 0.929. The Bertz CT molecular complexity index is 264. The van der Waals surface area contributed by atoms with Crippen LogP contribution in [0.2, 0.25) is 0 Å². The van der Waals surface area contributed by atoms with E-state index in [-0.39, 0.29) is 29.8 Å². The molecule has 0 aromatic heterocycles. The van der Waals surface area contributed by atoms with E-state index in [4.69, 9.17) is 0 Å². The largest absolute Gasteiger partial charge is 0.395 e. The van der Waals surface area contributed by atoms with E-state index in [9.17, 15) is 9.90 Å². The Morgan fingerprint density at radius 2 is 1.84 bits per heavy atom. The highest BCUT2D eigenvalue weighted by molar-refractivity contribution is 7.99. The first kappa shape index (κ1) is 16.8. The van der Waals surface area contributed by atoms with E-state index in [1.54, 1.807) is 11.8 Å². The van der Waals surface area contributed by atoms with Crippen LogP contribution in [0.15, 0.2) is 0 Å². The number of thioether (sulfide) groups is 1. The SMILES string of the molecule is CSC(CO)C(C)NC(C)C(=O)N1CCCCCC1. The highest BCUT2D eigenvalue weighted by atomic mass is 32.2. The summed E-state index contributed by atoms with van der Waals surface area (Å²) in [6.45, 7) is 5.89. The van der Waals surface area contributed by atoms with Gasteiger partial charge in [0, 0.05) is 24.4 Å². The molecule has 1 saturated heterocycles. The molecule has 0 aromatic carbocycles. The summed E-state index contributed by atoms with van der Waals surface area (Å²) >= 11 is 1.63. The number of rotatable bonds is 6. The molecule has 1 heterocycles. The lowest BCUT2D eigenvalue weighted by atomic mass is 10.2. The quantitative estimate of drug-likeness (QED) is 0.777. The molecule has 0 radical (unpaired) electrons. The Labute approximate surface area is 121 Å². The van der Waals surface area contributed by atoms with Gasteiger partial charge in [-0.15, -0.1) is 0 Å². The average molecular weight is 288 g/mol. The molecule has 1 rings (SSSR count). The van der Waals surface area contributed by atoms with Gasteiger partial charge in [0.15, 0.2) is 0 Å². The van der Waals surface area contributed by atoms with Crippen molar-refractivity contribution in [3.63, 3.8) is 0 Å². The topological polar surface area (TPSA) is 52.6 Å². The van der Waals surface area contributed by atoms with Crippen molar-refractivity contribution in [2.45, 2.75) is 56.9 Å². The van der Waals surface area contributed by atoms with E-state index in [0.29, 0.717) is 0 Å². The molecule has 4 nitrogen and oxygen atoms in total. The van der Waals surface area contributed by atoms with Gasteiger partial charge in [-0.2, -0.15) is 11.8 Å². The summed E-state index contributed by atoms with van der Waals surface area (Å²) in [5.74, 6) is 0.201. The van der Waals surface area contributed by atoms with E-state index < -0.39 is 0 Å². The Morgan fingerprint density at radius 1 is 1.26 bits per heavy atom. The number of carbonyl (C=O) groups excluding carboxylic acids is 1. The monoisotopic (exact) mass is 288 g/mol. The molecule has 0 aromatic rings. The second-order valence-corrected chi connectivity index (χ2v) is 6.45. The number of aliphatic hydroxyl groups excluding tert-OH is 1. The lowest BCUT2D eigenvalue weighted by Gasteiger charge is -2.29. The number of likely N-dealkylation sites (tertiary alicyclic amines) is 1. The predicted octanol–water partition coefficient (Wildman–Crippen LogP) is 1.48. The molecular formula is C14H28N2O2S. The van der Waals surface area contributed by atoms with Crippen molar-refractivity contribution in [1.29, 1.82) is 0 Å². The zero-order chi connectivity index (χ0) is 14.3. The van der Waals surface area contributed by atoms with Crippen LogP contribution in [0.4, 0.5) is 0 Å². The zero-order valence-electron chi connectivity index (χ0n) is 12.4. The number of hydrogen-bond donors (Lipinski definition) is 2. The van der Waals surface area contributed by atoms with Gasteiger partial charge in [-0.25, -0.2) is 0 Å². The Morgan fingerprint density at radius 3 is 2.32 bits per heavy atom. The molecule has 19 heavy (non-hydrogen) atoms. The molecule has 1 aliphatic heterocycles. The van der Waals surface area contributed by atoms with Crippen LogP contribution in [0, 0.1) is 0 Å². The van der Waals surface area contributed by atoms with Crippen LogP contribution < -0.4 is 5.32 Å². The summed E-state index contributed by atoms with van der Waals surface area (Å²) < 4.78 is 0. The van der Waals surface area contributed by atoms with Crippen LogP contribution in [0.1, 0.15) is 39.5 Å². The maximum atomic E-state index is 12.4. The predicted molar refractivity (Wildman–Crippen MR) is 81.5 cm³/mol. The third-order valence-electron chi connectivity index (χ3n) is 3.84. The van der Waals surface area contributed by atoms with Crippen LogP contribution in [-0.2, 0) is 4.79 Å². The molecule has 0 bridgehead atoms. The minimum atomic E-state index is -0.172. The molecule has 3 unspecified atom stereocenters. The van der Waals surface area contributed by atoms with Crippen molar-refractivity contribution in [2.24, 2.45) is 0 Å². The molecule has 1 fully saturated rings. The molecule has 2 N–H and O–H groups in total.